The fourth-order valence-electron chi connectivity index (χ4n) is 2.33. The van der Waals surface area contributed by atoms with Crippen LogP contribution in [-0.4, -0.2) is 70.0 Å². The molecule has 1 fully saturated rings. The lowest BCUT2D eigenvalue weighted by atomic mass is 10.0. The number of nitrogens with zero attached hydrogens (tertiary/aromatic N) is 1. The van der Waals surface area contributed by atoms with E-state index >= 15 is 0 Å². The molecular weight excluding hydrogens is 306 g/mol. The highest BCUT2D eigenvalue weighted by atomic mass is 16.6. The molecule has 8 heteroatoms. The van der Waals surface area contributed by atoms with Gasteiger partial charge in [0.25, 0.3) is 0 Å². The fourth-order valence-corrected chi connectivity index (χ4v) is 2.33. The number of hydrogen-bond donors (Lipinski definition) is 2. The molecule has 23 heavy (non-hydrogen) atoms. The van der Waals surface area contributed by atoms with E-state index < -0.39 is 41.6 Å². The van der Waals surface area contributed by atoms with Gasteiger partial charge in [0.15, 0.2) is 6.10 Å². The molecule has 0 bridgehead atoms. The smallest absolute Gasteiger partial charge is 0.412 e. The van der Waals surface area contributed by atoms with Crippen LogP contribution in [0.15, 0.2) is 0 Å². The summed E-state index contributed by atoms with van der Waals surface area (Å²) < 4.78 is 15.5. The third kappa shape index (κ3) is 4.79. The van der Waals surface area contributed by atoms with Crippen LogP contribution in [0.1, 0.15) is 41.5 Å². The average Bonchev–Trinajstić information content (AvgIpc) is 2.71. The number of esters is 1. The van der Waals surface area contributed by atoms with E-state index in [0.29, 0.717) is 0 Å². The molecule has 2 N–H and O–H groups in total. The molecule has 1 saturated heterocycles. The minimum absolute atomic E-state index is 0.0378. The first kappa shape index (κ1) is 19.7. The van der Waals surface area contributed by atoms with Crippen molar-refractivity contribution in [2.24, 2.45) is 0 Å². The van der Waals surface area contributed by atoms with Crippen LogP contribution in [0.25, 0.3) is 0 Å². The summed E-state index contributed by atoms with van der Waals surface area (Å²) >= 11 is 0. The van der Waals surface area contributed by atoms with Crippen LogP contribution in [0.2, 0.25) is 0 Å². The van der Waals surface area contributed by atoms with Gasteiger partial charge in [0.2, 0.25) is 0 Å². The molecule has 1 rings (SSSR count). The maximum Gasteiger partial charge on any atom is 0.412 e. The lowest BCUT2D eigenvalue weighted by molar-refractivity contribution is -0.162. The van der Waals surface area contributed by atoms with Crippen molar-refractivity contribution in [2.75, 3.05) is 13.2 Å². The molecule has 0 aromatic heterocycles. The maximum atomic E-state index is 12.4. The highest BCUT2D eigenvalue weighted by Gasteiger charge is 2.50. The number of ether oxygens (including phenoxy) is 3. The molecule has 1 heterocycles. The third-order valence-corrected chi connectivity index (χ3v) is 3.36. The molecule has 1 aliphatic heterocycles. The lowest BCUT2D eigenvalue weighted by Gasteiger charge is -2.37. The molecule has 3 atom stereocenters. The molecule has 1 aliphatic rings. The SMILES string of the molecule is CCOC(=O)C(O)C(O)[C@@H]1COC(C)(C)N1C(=O)OC(C)(C)C. The van der Waals surface area contributed by atoms with Gasteiger partial charge in [-0.3, -0.25) is 4.90 Å². The molecular formula is C15H27NO7. The Kier molecular flexibility index (Phi) is 6.00. The first-order valence-electron chi connectivity index (χ1n) is 7.59. The molecule has 0 aromatic carbocycles. The second-order valence-corrected chi connectivity index (χ2v) is 6.86. The summed E-state index contributed by atoms with van der Waals surface area (Å²) in [6.07, 6.45) is -4.02. The van der Waals surface area contributed by atoms with E-state index in [1.165, 1.54) is 4.90 Å². The first-order valence-corrected chi connectivity index (χ1v) is 7.59. The van der Waals surface area contributed by atoms with Gasteiger partial charge in [-0.25, -0.2) is 9.59 Å². The van der Waals surface area contributed by atoms with E-state index in [-0.39, 0.29) is 13.2 Å². The summed E-state index contributed by atoms with van der Waals surface area (Å²) in [5, 5.41) is 20.2. The number of aliphatic hydroxyl groups is 2. The standard InChI is InChI=1S/C15H27NO7/c1-7-21-12(19)11(18)10(17)9-8-22-15(5,6)16(9)13(20)23-14(2,3)4/h9-11,17-18H,7-8H2,1-6H3/t9-,10?,11?/m0/s1. The molecule has 134 valence electrons. The summed E-state index contributed by atoms with van der Waals surface area (Å²) in [5.74, 6) is -0.950. The Hall–Kier alpha value is -1.38. The topological polar surface area (TPSA) is 106 Å². The Balaban J connectivity index is 2.95. The summed E-state index contributed by atoms with van der Waals surface area (Å²) in [6.45, 7) is 10.1. The Morgan fingerprint density at radius 1 is 1.35 bits per heavy atom. The zero-order valence-corrected chi connectivity index (χ0v) is 14.5. The van der Waals surface area contributed by atoms with E-state index in [9.17, 15) is 19.8 Å². The molecule has 0 aliphatic carbocycles. The predicted octanol–water partition coefficient (Wildman–Crippen LogP) is 0.643. The van der Waals surface area contributed by atoms with Gasteiger partial charge in [0, 0.05) is 0 Å². The van der Waals surface area contributed by atoms with E-state index in [2.05, 4.69) is 4.74 Å². The molecule has 0 spiro atoms. The second kappa shape index (κ2) is 7.02. The highest BCUT2D eigenvalue weighted by molar-refractivity contribution is 5.75. The van der Waals surface area contributed by atoms with Crippen LogP contribution < -0.4 is 0 Å². The largest absolute Gasteiger partial charge is 0.464 e. The fraction of sp³-hybridized carbons (Fsp3) is 0.867. The van der Waals surface area contributed by atoms with Crippen molar-refractivity contribution in [3.05, 3.63) is 0 Å². The maximum absolute atomic E-state index is 12.4. The molecule has 0 radical (unpaired) electrons. The van der Waals surface area contributed by atoms with Gasteiger partial charge < -0.3 is 24.4 Å². The third-order valence-electron chi connectivity index (χ3n) is 3.36. The van der Waals surface area contributed by atoms with Gasteiger partial charge in [0.1, 0.15) is 17.4 Å². The van der Waals surface area contributed by atoms with Gasteiger partial charge in [-0.1, -0.05) is 0 Å². The minimum Gasteiger partial charge on any atom is -0.464 e. The van der Waals surface area contributed by atoms with E-state index in [0.717, 1.165) is 0 Å². The molecule has 8 nitrogen and oxygen atoms in total. The van der Waals surface area contributed by atoms with Crippen molar-refractivity contribution in [2.45, 2.75) is 71.1 Å². The summed E-state index contributed by atoms with van der Waals surface area (Å²) in [4.78, 5) is 25.2. The van der Waals surface area contributed by atoms with E-state index in [1.54, 1.807) is 41.5 Å². The lowest BCUT2D eigenvalue weighted by Crippen LogP contribution is -2.56. The van der Waals surface area contributed by atoms with Crippen LogP contribution in [-0.2, 0) is 19.0 Å². The minimum atomic E-state index is -1.78. The van der Waals surface area contributed by atoms with Gasteiger partial charge >= 0.3 is 12.1 Å². The number of rotatable bonds is 4. The zero-order valence-electron chi connectivity index (χ0n) is 14.5. The number of hydrogen-bond acceptors (Lipinski definition) is 7. The van der Waals surface area contributed by atoms with Crippen molar-refractivity contribution in [1.29, 1.82) is 0 Å². The molecule has 1 amide bonds. The second-order valence-electron chi connectivity index (χ2n) is 6.86. The van der Waals surface area contributed by atoms with Gasteiger partial charge in [-0.05, 0) is 41.5 Å². The first-order chi connectivity index (χ1) is 10.4. The monoisotopic (exact) mass is 333 g/mol. The van der Waals surface area contributed by atoms with Gasteiger partial charge in [-0.2, -0.15) is 0 Å². The number of aliphatic hydroxyl groups excluding tert-OH is 2. The Bertz CT molecular complexity index is 444. The normalized spacial score (nSPS) is 23.3. The van der Waals surface area contributed by atoms with Crippen LogP contribution in [0.5, 0.6) is 0 Å². The Morgan fingerprint density at radius 3 is 2.39 bits per heavy atom. The molecule has 2 unspecified atom stereocenters. The van der Waals surface area contributed by atoms with E-state index in [4.69, 9.17) is 9.47 Å². The van der Waals surface area contributed by atoms with Crippen molar-refractivity contribution < 1.29 is 34.0 Å². The van der Waals surface area contributed by atoms with Crippen molar-refractivity contribution in [3.63, 3.8) is 0 Å². The molecule has 0 saturated carbocycles. The highest BCUT2D eigenvalue weighted by Crippen LogP contribution is 2.31. The predicted molar refractivity (Wildman–Crippen MR) is 80.5 cm³/mol. The van der Waals surface area contributed by atoms with Crippen molar-refractivity contribution >= 4 is 12.1 Å². The van der Waals surface area contributed by atoms with Gasteiger partial charge in [-0.15, -0.1) is 0 Å². The van der Waals surface area contributed by atoms with Crippen LogP contribution in [0.3, 0.4) is 0 Å². The quantitative estimate of drug-likeness (QED) is 0.727. The van der Waals surface area contributed by atoms with E-state index in [1.807, 2.05) is 0 Å². The van der Waals surface area contributed by atoms with Crippen molar-refractivity contribution in [3.8, 4) is 0 Å². The van der Waals surface area contributed by atoms with Crippen LogP contribution >= 0.6 is 0 Å². The van der Waals surface area contributed by atoms with Gasteiger partial charge in [0.05, 0.1) is 19.3 Å². The zero-order chi connectivity index (χ0) is 18.0. The molecule has 0 aromatic rings. The Labute approximate surface area is 136 Å². The summed E-state index contributed by atoms with van der Waals surface area (Å²) in [7, 11) is 0. The average molecular weight is 333 g/mol. The van der Waals surface area contributed by atoms with Crippen molar-refractivity contribution in [1.82, 2.24) is 4.90 Å². The summed E-state index contributed by atoms with van der Waals surface area (Å²) in [5.41, 5.74) is -1.77. The summed E-state index contributed by atoms with van der Waals surface area (Å²) in [6, 6.07) is -0.931. The van der Waals surface area contributed by atoms with Crippen LogP contribution in [0, 0.1) is 0 Å². The number of amides is 1. The Morgan fingerprint density at radius 2 is 1.91 bits per heavy atom. The number of carbonyl (C=O) groups excluding carboxylic acids is 2. The van der Waals surface area contributed by atoms with Crippen LogP contribution in [0.4, 0.5) is 4.79 Å². The number of carbonyl (C=O) groups is 2.